The van der Waals surface area contributed by atoms with E-state index in [-0.39, 0.29) is 11.9 Å². The van der Waals surface area contributed by atoms with Gasteiger partial charge in [-0.05, 0) is 45.7 Å². The Morgan fingerprint density at radius 3 is 2.68 bits per heavy atom. The van der Waals surface area contributed by atoms with E-state index in [0.29, 0.717) is 6.04 Å². The third-order valence-electron chi connectivity index (χ3n) is 3.30. The summed E-state index contributed by atoms with van der Waals surface area (Å²) < 4.78 is 15.5. The van der Waals surface area contributed by atoms with E-state index in [2.05, 4.69) is 23.4 Å². The van der Waals surface area contributed by atoms with E-state index in [1.54, 1.807) is 0 Å². The monoisotopic (exact) mass is 263 g/mol. The maximum atomic E-state index is 13.3. The molecule has 1 aromatic carbocycles. The Bertz CT molecular complexity index is 558. The van der Waals surface area contributed by atoms with Crippen LogP contribution < -0.4 is 5.73 Å². The van der Waals surface area contributed by atoms with Crippen LogP contribution in [0.25, 0.3) is 11.0 Å². The molecule has 3 nitrogen and oxygen atoms in total. The molecule has 19 heavy (non-hydrogen) atoms. The van der Waals surface area contributed by atoms with Gasteiger partial charge in [-0.2, -0.15) is 0 Å². The molecule has 1 aromatic heterocycles. The molecule has 0 radical (unpaired) electrons. The summed E-state index contributed by atoms with van der Waals surface area (Å²) in [6, 6.07) is 5.35. The first-order valence-corrected chi connectivity index (χ1v) is 6.91. The number of rotatable bonds is 5. The summed E-state index contributed by atoms with van der Waals surface area (Å²) in [5.74, 6) is 0.791. The maximum absolute atomic E-state index is 13.3. The third-order valence-corrected chi connectivity index (χ3v) is 3.30. The summed E-state index contributed by atoms with van der Waals surface area (Å²) >= 11 is 0. The molecule has 2 aromatic rings. The first-order chi connectivity index (χ1) is 8.99. The summed E-state index contributed by atoms with van der Waals surface area (Å²) in [6.07, 6.45) is 2.88. The van der Waals surface area contributed by atoms with Gasteiger partial charge < -0.3 is 10.3 Å². The fourth-order valence-electron chi connectivity index (χ4n) is 2.46. The van der Waals surface area contributed by atoms with E-state index in [1.165, 1.54) is 12.1 Å². The van der Waals surface area contributed by atoms with Crippen LogP contribution in [0.5, 0.6) is 0 Å². The quantitative estimate of drug-likeness (QED) is 0.898. The van der Waals surface area contributed by atoms with Crippen molar-refractivity contribution in [2.75, 3.05) is 0 Å². The number of nitrogens with zero attached hydrogens (tertiary/aromatic N) is 2. The highest BCUT2D eigenvalue weighted by Gasteiger charge is 2.13. The molecule has 104 valence electrons. The molecule has 0 bridgehead atoms. The molecule has 4 heteroatoms. The van der Waals surface area contributed by atoms with E-state index >= 15 is 0 Å². The summed E-state index contributed by atoms with van der Waals surface area (Å²) in [7, 11) is 0. The zero-order valence-electron chi connectivity index (χ0n) is 11.9. The highest BCUT2D eigenvalue weighted by Crippen LogP contribution is 2.23. The lowest BCUT2D eigenvalue weighted by Gasteiger charge is -2.13. The Balaban J connectivity index is 2.33. The second-order valence-corrected chi connectivity index (χ2v) is 5.49. The smallest absolute Gasteiger partial charge is 0.125 e. The Morgan fingerprint density at radius 1 is 1.32 bits per heavy atom. The highest BCUT2D eigenvalue weighted by atomic mass is 19.1. The number of aryl methyl sites for hydroxylation is 1. The third kappa shape index (κ3) is 3.13. The number of hydrogen-bond donors (Lipinski definition) is 1. The second-order valence-electron chi connectivity index (χ2n) is 5.49. The largest absolute Gasteiger partial charge is 0.328 e. The normalized spacial score (nSPS) is 13.4. The van der Waals surface area contributed by atoms with Gasteiger partial charge in [0.1, 0.15) is 11.6 Å². The van der Waals surface area contributed by atoms with Gasteiger partial charge in [0.15, 0.2) is 0 Å². The molecule has 0 aliphatic rings. The molecule has 0 fully saturated rings. The van der Waals surface area contributed by atoms with Gasteiger partial charge in [-0.15, -0.1) is 0 Å². The van der Waals surface area contributed by atoms with Gasteiger partial charge in [0, 0.05) is 24.6 Å². The van der Waals surface area contributed by atoms with Crippen LogP contribution in [0.4, 0.5) is 4.39 Å². The van der Waals surface area contributed by atoms with Gasteiger partial charge in [-0.25, -0.2) is 9.37 Å². The molecule has 0 amide bonds. The average molecular weight is 263 g/mol. The number of fused-ring (bicyclic) bond motifs is 1. The van der Waals surface area contributed by atoms with Crippen molar-refractivity contribution in [2.45, 2.75) is 52.1 Å². The van der Waals surface area contributed by atoms with Gasteiger partial charge in [-0.3, -0.25) is 0 Å². The van der Waals surface area contributed by atoms with E-state index in [0.717, 1.165) is 36.1 Å². The first kappa shape index (κ1) is 14.0. The Morgan fingerprint density at radius 2 is 2.05 bits per heavy atom. The van der Waals surface area contributed by atoms with Crippen LogP contribution in [-0.4, -0.2) is 15.6 Å². The molecular formula is C15H22FN3. The van der Waals surface area contributed by atoms with E-state index in [9.17, 15) is 4.39 Å². The van der Waals surface area contributed by atoms with Gasteiger partial charge >= 0.3 is 0 Å². The number of aromatic nitrogens is 2. The van der Waals surface area contributed by atoms with Crippen molar-refractivity contribution in [1.29, 1.82) is 0 Å². The van der Waals surface area contributed by atoms with Crippen LogP contribution in [0.3, 0.4) is 0 Å². The molecule has 1 atom stereocenters. The summed E-state index contributed by atoms with van der Waals surface area (Å²) in [5.41, 5.74) is 7.52. The fraction of sp³-hybridized carbons (Fsp3) is 0.533. The molecule has 2 rings (SSSR count). The standard InChI is InChI=1S/C15H22FN3/c1-10(2)19-14-8-7-12(16)9-13(14)18-15(19)6-4-5-11(3)17/h7-11H,4-6,17H2,1-3H3. The molecule has 0 saturated carbocycles. The average Bonchev–Trinajstić information content (AvgIpc) is 2.65. The fourth-order valence-corrected chi connectivity index (χ4v) is 2.46. The zero-order valence-corrected chi connectivity index (χ0v) is 11.9. The number of benzene rings is 1. The Labute approximate surface area is 113 Å². The van der Waals surface area contributed by atoms with Gasteiger partial charge in [0.25, 0.3) is 0 Å². The van der Waals surface area contributed by atoms with E-state index in [1.807, 2.05) is 13.0 Å². The predicted molar refractivity (Wildman–Crippen MR) is 76.7 cm³/mol. The molecular weight excluding hydrogens is 241 g/mol. The summed E-state index contributed by atoms with van der Waals surface area (Å²) in [5, 5.41) is 0. The summed E-state index contributed by atoms with van der Waals surface area (Å²) in [6.45, 7) is 6.26. The van der Waals surface area contributed by atoms with Crippen molar-refractivity contribution in [3.05, 3.63) is 29.8 Å². The minimum atomic E-state index is -0.233. The van der Waals surface area contributed by atoms with Gasteiger partial charge in [-0.1, -0.05) is 0 Å². The SMILES string of the molecule is CC(N)CCCc1nc2cc(F)ccc2n1C(C)C. The first-order valence-electron chi connectivity index (χ1n) is 6.91. The van der Waals surface area contributed by atoms with Gasteiger partial charge in [0.2, 0.25) is 0 Å². The number of halogens is 1. The van der Waals surface area contributed by atoms with Crippen molar-refractivity contribution in [1.82, 2.24) is 9.55 Å². The van der Waals surface area contributed by atoms with Crippen molar-refractivity contribution in [3.8, 4) is 0 Å². The maximum Gasteiger partial charge on any atom is 0.125 e. The number of nitrogens with two attached hydrogens (primary N) is 1. The van der Waals surface area contributed by atoms with Crippen LogP contribution in [0.2, 0.25) is 0 Å². The highest BCUT2D eigenvalue weighted by molar-refractivity contribution is 5.76. The molecule has 1 heterocycles. The van der Waals surface area contributed by atoms with Crippen molar-refractivity contribution in [3.63, 3.8) is 0 Å². The summed E-state index contributed by atoms with van der Waals surface area (Å²) in [4.78, 5) is 4.57. The topological polar surface area (TPSA) is 43.8 Å². The van der Waals surface area contributed by atoms with Crippen LogP contribution in [0.15, 0.2) is 18.2 Å². The minimum Gasteiger partial charge on any atom is -0.328 e. The van der Waals surface area contributed by atoms with E-state index in [4.69, 9.17) is 5.73 Å². The molecule has 0 spiro atoms. The van der Waals surface area contributed by atoms with Crippen molar-refractivity contribution in [2.24, 2.45) is 5.73 Å². The van der Waals surface area contributed by atoms with Crippen LogP contribution in [0, 0.1) is 5.82 Å². The van der Waals surface area contributed by atoms with Gasteiger partial charge in [0.05, 0.1) is 11.0 Å². The van der Waals surface area contributed by atoms with E-state index < -0.39 is 0 Å². The predicted octanol–water partition coefficient (Wildman–Crippen LogP) is 3.43. The molecule has 2 N–H and O–H groups in total. The van der Waals surface area contributed by atoms with Crippen LogP contribution in [0.1, 0.15) is 45.5 Å². The molecule has 0 aliphatic carbocycles. The van der Waals surface area contributed by atoms with Crippen LogP contribution in [-0.2, 0) is 6.42 Å². The lowest BCUT2D eigenvalue weighted by atomic mass is 10.1. The Kier molecular flexibility index (Phi) is 4.20. The second kappa shape index (κ2) is 5.70. The lowest BCUT2D eigenvalue weighted by Crippen LogP contribution is -2.15. The molecule has 0 saturated heterocycles. The number of imidazole rings is 1. The molecule has 0 aliphatic heterocycles. The number of hydrogen-bond acceptors (Lipinski definition) is 2. The minimum absolute atomic E-state index is 0.217. The zero-order chi connectivity index (χ0) is 14.0. The Hall–Kier alpha value is -1.42. The van der Waals surface area contributed by atoms with Crippen molar-refractivity contribution >= 4 is 11.0 Å². The molecule has 1 unspecified atom stereocenters. The van der Waals surface area contributed by atoms with Crippen molar-refractivity contribution < 1.29 is 4.39 Å². The van der Waals surface area contributed by atoms with Crippen LogP contribution >= 0.6 is 0 Å². The lowest BCUT2D eigenvalue weighted by molar-refractivity contribution is 0.555.